The molecule has 0 aromatic heterocycles. The molecule has 3 nitrogen and oxygen atoms in total. The second kappa shape index (κ2) is 6.36. The van der Waals surface area contributed by atoms with E-state index in [1.165, 1.54) is 6.07 Å². The Hall–Kier alpha value is -0.840. The first-order chi connectivity index (χ1) is 8.15. The minimum atomic E-state index is -0.336. The van der Waals surface area contributed by atoms with Crippen LogP contribution in [-0.2, 0) is 4.79 Å². The Morgan fingerprint density at radius 1 is 1.56 bits per heavy atom. The lowest BCUT2D eigenvalue weighted by Crippen LogP contribution is -2.30. The van der Waals surface area contributed by atoms with Crippen LogP contribution in [0.1, 0.15) is 17.9 Å². The molecule has 0 radical (unpaired) electrons. The Morgan fingerprint density at radius 3 is 2.89 bits per heavy atom. The first-order valence-corrected chi connectivity index (χ1v) is 5.94. The highest BCUT2D eigenvalue weighted by Crippen LogP contribution is 2.50. The van der Waals surface area contributed by atoms with Gasteiger partial charge in [0.05, 0.1) is 0 Å². The molecule has 0 bridgehead atoms. The molecule has 2 unspecified atom stereocenters. The van der Waals surface area contributed by atoms with Gasteiger partial charge in [-0.25, -0.2) is 4.39 Å². The van der Waals surface area contributed by atoms with E-state index in [2.05, 4.69) is 5.32 Å². The predicted molar refractivity (Wildman–Crippen MR) is 71.6 cm³/mol. The highest BCUT2D eigenvalue weighted by atomic mass is 35.5. The lowest BCUT2D eigenvalue weighted by molar-refractivity contribution is -0.122. The van der Waals surface area contributed by atoms with Crippen molar-refractivity contribution in [3.8, 4) is 0 Å². The minimum Gasteiger partial charge on any atom is -0.355 e. The molecule has 0 saturated heterocycles. The van der Waals surface area contributed by atoms with Crippen molar-refractivity contribution in [2.45, 2.75) is 12.3 Å². The van der Waals surface area contributed by atoms with Gasteiger partial charge in [-0.05, 0) is 18.6 Å². The molecule has 1 aromatic rings. The standard InChI is InChI=1S/C12H14ClFN2O.ClH/c13-9-2-1-3-10(14)11(9)7-6-8(7)12(17)16-5-4-15;/h1-3,7-8H,4-6,15H2,(H,16,17);1H. The van der Waals surface area contributed by atoms with Crippen LogP contribution in [0.25, 0.3) is 0 Å². The highest BCUT2D eigenvalue weighted by molar-refractivity contribution is 6.31. The van der Waals surface area contributed by atoms with Crippen molar-refractivity contribution < 1.29 is 9.18 Å². The monoisotopic (exact) mass is 292 g/mol. The molecule has 0 aliphatic heterocycles. The molecule has 1 amide bonds. The molecule has 3 N–H and O–H groups in total. The summed E-state index contributed by atoms with van der Waals surface area (Å²) in [5.74, 6) is -0.672. The number of carbonyl (C=O) groups is 1. The third kappa shape index (κ3) is 3.13. The number of amides is 1. The largest absolute Gasteiger partial charge is 0.355 e. The summed E-state index contributed by atoms with van der Waals surface area (Å²) in [6.45, 7) is 0.858. The molecular weight excluding hydrogens is 278 g/mol. The van der Waals surface area contributed by atoms with E-state index >= 15 is 0 Å². The fourth-order valence-electron chi connectivity index (χ4n) is 2.00. The molecule has 6 heteroatoms. The zero-order valence-electron chi connectivity index (χ0n) is 9.66. The number of nitrogens with one attached hydrogen (secondary N) is 1. The van der Waals surface area contributed by atoms with Crippen LogP contribution in [0.3, 0.4) is 0 Å². The molecule has 1 aromatic carbocycles. The van der Waals surface area contributed by atoms with Crippen LogP contribution in [0.4, 0.5) is 4.39 Å². The summed E-state index contributed by atoms with van der Waals surface area (Å²) >= 11 is 5.95. The number of halogens is 3. The van der Waals surface area contributed by atoms with Crippen molar-refractivity contribution in [1.29, 1.82) is 0 Å². The van der Waals surface area contributed by atoms with Gasteiger partial charge in [-0.2, -0.15) is 0 Å². The van der Waals surface area contributed by atoms with E-state index in [0.29, 0.717) is 30.1 Å². The van der Waals surface area contributed by atoms with Crippen LogP contribution in [0.5, 0.6) is 0 Å². The molecule has 1 aliphatic carbocycles. The van der Waals surface area contributed by atoms with Crippen LogP contribution < -0.4 is 11.1 Å². The molecule has 0 heterocycles. The van der Waals surface area contributed by atoms with Gasteiger partial charge in [0.2, 0.25) is 5.91 Å². The van der Waals surface area contributed by atoms with Crippen molar-refractivity contribution >= 4 is 29.9 Å². The number of benzene rings is 1. The summed E-state index contributed by atoms with van der Waals surface area (Å²) in [6, 6.07) is 4.58. The van der Waals surface area contributed by atoms with Crippen molar-refractivity contribution in [1.82, 2.24) is 5.32 Å². The lowest BCUT2D eigenvalue weighted by Gasteiger charge is -2.05. The van der Waals surface area contributed by atoms with E-state index in [4.69, 9.17) is 17.3 Å². The Kier molecular flexibility index (Phi) is 5.38. The van der Waals surface area contributed by atoms with Crippen LogP contribution in [0.15, 0.2) is 18.2 Å². The molecule has 1 fully saturated rings. The van der Waals surface area contributed by atoms with E-state index in [1.54, 1.807) is 12.1 Å². The van der Waals surface area contributed by atoms with Crippen molar-refractivity contribution in [3.05, 3.63) is 34.6 Å². The molecule has 18 heavy (non-hydrogen) atoms. The van der Waals surface area contributed by atoms with E-state index in [-0.39, 0.29) is 36.0 Å². The minimum absolute atomic E-state index is 0. The number of rotatable bonds is 4. The molecule has 1 saturated carbocycles. The zero-order chi connectivity index (χ0) is 12.4. The van der Waals surface area contributed by atoms with E-state index in [9.17, 15) is 9.18 Å². The second-order valence-electron chi connectivity index (χ2n) is 4.16. The highest BCUT2D eigenvalue weighted by Gasteiger charge is 2.45. The Balaban J connectivity index is 0.00000162. The normalized spacial score (nSPS) is 21.1. The summed E-state index contributed by atoms with van der Waals surface area (Å²) in [5.41, 5.74) is 5.76. The SMILES string of the molecule is Cl.NCCNC(=O)C1CC1c1c(F)cccc1Cl. The van der Waals surface area contributed by atoms with Gasteiger partial charge in [-0.15, -0.1) is 12.4 Å². The average molecular weight is 293 g/mol. The summed E-state index contributed by atoms with van der Waals surface area (Å²) in [7, 11) is 0. The average Bonchev–Trinajstić information content (AvgIpc) is 3.06. The first kappa shape index (κ1) is 15.2. The number of hydrogen-bond acceptors (Lipinski definition) is 2. The maximum absolute atomic E-state index is 13.6. The summed E-state index contributed by atoms with van der Waals surface area (Å²) in [6.07, 6.45) is 0.650. The second-order valence-corrected chi connectivity index (χ2v) is 4.57. The van der Waals surface area contributed by atoms with Crippen LogP contribution >= 0.6 is 24.0 Å². The van der Waals surface area contributed by atoms with Crippen LogP contribution in [0, 0.1) is 11.7 Å². The van der Waals surface area contributed by atoms with Gasteiger partial charge in [0.1, 0.15) is 5.82 Å². The van der Waals surface area contributed by atoms with E-state index in [0.717, 1.165) is 0 Å². The molecule has 100 valence electrons. The van der Waals surface area contributed by atoms with Gasteiger partial charge in [-0.3, -0.25) is 4.79 Å². The molecular formula is C12H15Cl2FN2O. The van der Waals surface area contributed by atoms with Gasteiger partial charge < -0.3 is 11.1 Å². The summed E-state index contributed by atoms with van der Waals surface area (Å²) in [4.78, 5) is 11.6. The van der Waals surface area contributed by atoms with Crippen molar-refractivity contribution in [2.24, 2.45) is 11.7 Å². The van der Waals surface area contributed by atoms with E-state index in [1.807, 2.05) is 0 Å². The first-order valence-electron chi connectivity index (χ1n) is 5.57. The Labute approximate surface area is 116 Å². The van der Waals surface area contributed by atoms with Crippen LogP contribution in [-0.4, -0.2) is 19.0 Å². The molecule has 2 rings (SSSR count). The maximum atomic E-state index is 13.6. The Morgan fingerprint density at radius 2 is 2.28 bits per heavy atom. The van der Waals surface area contributed by atoms with Crippen molar-refractivity contribution in [3.63, 3.8) is 0 Å². The molecule has 2 atom stereocenters. The quantitative estimate of drug-likeness (QED) is 0.893. The van der Waals surface area contributed by atoms with Gasteiger partial charge in [-0.1, -0.05) is 17.7 Å². The smallest absolute Gasteiger partial charge is 0.223 e. The van der Waals surface area contributed by atoms with Gasteiger partial charge in [0, 0.05) is 35.5 Å². The number of nitrogens with two attached hydrogens (primary N) is 1. The van der Waals surface area contributed by atoms with Crippen LogP contribution in [0.2, 0.25) is 5.02 Å². The van der Waals surface area contributed by atoms with Crippen molar-refractivity contribution in [2.75, 3.05) is 13.1 Å². The molecule has 0 spiro atoms. The predicted octanol–water partition coefficient (Wildman–Crippen LogP) is 2.08. The Bertz CT molecular complexity index is 422. The molecule has 1 aliphatic rings. The zero-order valence-corrected chi connectivity index (χ0v) is 11.2. The topological polar surface area (TPSA) is 55.1 Å². The van der Waals surface area contributed by atoms with Gasteiger partial charge in [0.15, 0.2) is 0 Å². The third-order valence-electron chi connectivity index (χ3n) is 2.94. The fourth-order valence-corrected chi connectivity index (χ4v) is 2.30. The van der Waals surface area contributed by atoms with E-state index < -0.39 is 0 Å². The maximum Gasteiger partial charge on any atom is 0.223 e. The summed E-state index contributed by atoms with van der Waals surface area (Å²) < 4.78 is 13.6. The number of carbonyl (C=O) groups excluding carboxylic acids is 1. The lowest BCUT2D eigenvalue weighted by atomic mass is 10.1. The number of hydrogen-bond donors (Lipinski definition) is 2. The third-order valence-corrected chi connectivity index (χ3v) is 3.27. The summed E-state index contributed by atoms with van der Waals surface area (Å²) in [5, 5.41) is 3.10. The van der Waals surface area contributed by atoms with Gasteiger partial charge in [0.25, 0.3) is 0 Å². The van der Waals surface area contributed by atoms with Gasteiger partial charge >= 0.3 is 0 Å². The fraction of sp³-hybridized carbons (Fsp3) is 0.417.